The van der Waals surface area contributed by atoms with E-state index in [0.29, 0.717) is 0 Å². The lowest BCUT2D eigenvalue weighted by Gasteiger charge is -2.43. The largest absolute Gasteiger partial charge is 0.311 e. The maximum atomic E-state index is 13.3. The second-order valence-electron chi connectivity index (χ2n) is 6.35. The quantitative estimate of drug-likeness (QED) is 0.887. The summed E-state index contributed by atoms with van der Waals surface area (Å²) in [6.07, 6.45) is 6.51. The van der Waals surface area contributed by atoms with Crippen molar-refractivity contribution in [3.05, 3.63) is 35.1 Å². The number of rotatable bonds is 5. The van der Waals surface area contributed by atoms with Gasteiger partial charge in [-0.05, 0) is 57.1 Å². The Labute approximate surface area is 122 Å². The molecule has 0 amide bonds. The number of hydrogen-bond acceptors (Lipinski definition) is 2. The molecule has 0 saturated heterocycles. The fraction of sp³-hybridized carbons (Fsp3) is 0.647. The van der Waals surface area contributed by atoms with Crippen LogP contribution in [0, 0.1) is 12.7 Å². The van der Waals surface area contributed by atoms with Gasteiger partial charge in [-0.1, -0.05) is 25.3 Å². The van der Waals surface area contributed by atoms with Crippen LogP contribution in [-0.4, -0.2) is 31.1 Å². The molecule has 1 saturated carbocycles. The standard InChI is InChI=1S/C17H27FN2/c1-14-7-8-16(18)11-15(14)12-19-13-17(20(2)3)9-5-4-6-10-17/h7-8,11,19H,4-6,9-10,12-13H2,1-3H3. The third-order valence-electron chi connectivity index (χ3n) is 4.81. The zero-order valence-electron chi connectivity index (χ0n) is 13.0. The third kappa shape index (κ3) is 3.58. The van der Waals surface area contributed by atoms with Crippen LogP contribution in [0.15, 0.2) is 18.2 Å². The van der Waals surface area contributed by atoms with Crippen molar-refractivity contribution >= 4 is 0 Å². The first-order valence-corrected chi connectivity index (χ1v) is 7.67. The molecular weight excluding hydrogens is 251 g/mol. The molecule has 20 heavy (non-hydrogen) atoms. The Kier molecular flexibility index (Phi) is 5.17. The minimum atomic E-state index is -0.146. The molecule has 1 aliphatic carbocycles. The van der Waals surface area contributed by atoms with Crippen LogP contribution in [0.3, 0.4) is 0 Å². The minimum absolute atomic E-state index is 0.146. The van der Waals surface area contributed by atoms with E-state index in [2.05, 4.69) is 24.3 Å². The highest BCUT2D eigenvalue weighted by Crippen LogP contribution is 2.31. The van der Waals surface area contributed by atoms with Crippen molar-refractivity contribution in [2.75, 3.05) is 20.6 Å². The minimum Gasteiger partial charge on any atom is -0.311 e. The summed E-state index contributed by atoms with van der Waals surface area (Å²) in [5.41, 5.74) is 2.50. The van der Waals surface area contributed by atoms with Crippen molar-refractivity contribution in [1.29, 1.82) is 0 Å². The SMILES string of the molecule is Cc1ccc(F)cc1CNCC1(N(C)C)CCCCC1. The van der Waals surface area contributed by atoms with Crippen LogP contribution in [0.5, 0.6) is 0 Å². The van der Waals surface area contributed by atoms with Crippen molar-refractivity contribution in [3.8, 4) is 0 Å². The van der Waals surface area contributed by atoms with Gasteiger partial charge in [0.15, 0.2) is 0 Å². The van der Waals surface area contributed by atoms with Crippen molar-refractivity contribution in [2.24, 2.45) is 0 Å². The van der Waals surface area contributed by atoms with Crippen molar-refractivity contribution in [1.82, 2.24) is 10.2 Å². The van der Waals surface area contributed by atoms with Crippen LogP contribution in [0.25, 0.3) is 0 Å². The summed E-state index contributed by atoms with van der Waals surface area (Å²) < 4.78 is 13.3. The highest BCUT2D eigenvalue weighted by molar-refractivity contribution is 5.26. The Morgan fingerprint density at radius 2 is 1.90 bits per heavy atom. The molecule has 0 radical (unpaired) electrons. The lowest BCUT2D eigenvalue weighted by molar-refractivity contribution is 0.0983. The van der Waals surface area contributed by atoms with E-state index in [0.717, 1.165) is 24.2 Å². The highest BCUT2D eigenvalue weighted by Gasteiger charge is 2.33. The molecule has 2 nitrogen and oxygen atoms in total. The van der Waals surface area contributed by atoms with Gasteiger partial charge < -0.3 is 10.2 Å². The molecule has 1 aromatic rings. The number of aryl methyl sites for hydroxylation is 1. The summed E-state index contributed by atoms with van der Waals surface area (Å²) in [4.78, 5) is 2.37. The van der Waals surface area contributed by atoms with Crippen LogP contribution in [0.4, 0.5) is 4.39 Å². The van der Waals surface area contributed by atoms with Crippen LogP contribution in [-0.2, 0) is 6.54 Å². The Hall–Kier alpha value is -0.930. The summed E-state index contributed by atoms with van der Waals surface area (Å²) in [5.74, 6) is -0.146. The normalized spacial score (nSPS) is 18.4. The van der Waals surface area contributed by atoms with Gasteiger partial charge in [-0.15, -0.1) is 0 Å². The fourth-order valence-corrected chi connectivity index (χ4v) is 3.25. The van der Waals surface area contributed by atoms with E-state index in [-0.39, 0.29) is 11.4 Å². The van der Waals surface area contributed by atoms with Crippen LogP contribution in [0.1, 0.15) is 43.2 Å². The van der Waals surface area contributed by atoms with Gasteiger partial charge in [-0.3, -0.25) is 0 Å². The second kappa shape index (κ2) is 6.68. The molecule has 0 atom stereocenters. The molecule has 3 heteroatoms. The molecule has 0 aromatic heterocycles. The van der Waals surface area contributed by atoms with Gasteiger partial charge in [-0.25, -0.2) is 4.39 Å². The van der Waals surface area contributed by atoms with Gasteiger partial charge in [0.05, 0.1) is 0 Å². The van der Waals surface area contributed by atoms with E-state index in [1.165, 1.54) is 38.2 Å². The molecule has 1 fully saturated rings. The first-order chi connectivity index (χ1) is 9.53. The maximum absolute atomic E-state index is 13.3. The predicted molar refractivity (Wildman–Crippen MR) is 82.3 cm³/mol. The molecule has 0 unspecified atom stereocenters. The molecule has 112 valence electrons. The highest BCUT2D eigenvalue weighted by atomic mass is 19.1. The molecular formula is C17H27FN2. The van der Waals surface area contributed by atoms with Crippen LogP contribution >= 0.6 is 0 Å². The van der Waals surface area contributed by atoms with E-state index < -0.39 is 0 Å². The molecule has 1 aromatic carbocycles. The smallest absolute Gasteiger partial charge is 0.123 e. The molecule has 0 aliphatic heterocycles. The van der Waals surface area contributed by atoms with Crippen molar-refractivity contribution in [3.63, 3.8) is 0 Å². The second-order valence-corrected chi connectivity index (χ2v) is 6.35. The van der Waals surface area contributed by atoms with Gasteiger partial charge in [0.25, 0.3) is 0 Å². The zero-order valence-corrected chi connectivity index (χ0v) is 13.0. The fourth-order valence-electron chi connectivity index (χ4n) is 3.25. The van der Waals surface area contributed by atoms with Gasteiger partial charge in [-0.2, -0.15) is 0 Å². The van der Waals surface area contributed by atoms with Crippen molar-refractivity contribution < 1.29 is 4.39 Å². The summed E-state index contributed by atoms with van der Waals surface area (Å²) in [6.45, 7) is 3.77. The van der Waals surface area contributed by atoms with E-state index in [1.54, 1.807) is 6.07 Å². The van der Waals surface area contributed by atoms with Crippen molar-refractivity contribution in [2.45, 2.75) is 51.1 Å². The number of nitrogens with zero attached hydrogens (tertiary/aromatic N) is 1. The molecule has 1 aliphatic rings. The number of hydrogen-bond donors (Lipinski definition) is 1. The first-order valence-electron chi connectivity index (χ1n) is 7.67. The van der Waals surface area contributed by atoms with E-state index in [1.807, 2.05) is 13.0 Å². The Bertz CT molecular complexity index is 437. The monoisotopic (exact) mass is 278 g/mol. The molecule has 0 spiro atoms. The summed E-state index contributed by atoms with van der Waals surface area (Å²) in [6, 6.07) is 5.03. The molecule has 0 heterocycles. The molecule has 0 bridgehead atoms. The Balaban J connectivity index is 1.95. The van der Waals surface area contributed by atoms with Crippen LogP contribution in [0.2, 0.25) is 0 Å². The average Bonchev–Trinajstić information content (AvgIpc) is 2.43. The number of nitrogens with one attached hydrogen (secondary N) is 1. The number of benzene rings is 1. The maximum Gasteiger partial charge on any atom is 0.123 e. The summed E-state index contributed by atoms with van der Waals surface area (Å²) in [5, 5.41) is 3.55. The van der Waals surface area contributed by atoms with Gasteiger partial charge in [0.1, 0.15) is 5.82 Å². The van der Waals surface area contributed by atoms with E-state index in [9.17, 15) is 4.39 Å². The Morgan fingerprint density at radius 3 is 2.55 bits per heavy atom. The molecule has 2 rings (SSSR count). The average molecular weight is 278 g/mol. The van der Waals surface area contributed by atoms with Gasteiger partial charge >= 0.3 is 0 Å². The van der Waals surface area contributed by atoms with E-state index >= 15 is 0 Å². The number of halogens is 1. The third-order valence-corrected chi connectivity index (χ3v) is 4.81. The molecule has 1 N–H and O–H groups in total. The Morgan fingerprint density at radius 1 is 1.20 bits per heavy atom. The summed E-state index contributed by atoms with van der Waals surface area (Å²) >= 11 is 0. The van der Waals surface area contributed by atoms with Crippen LogP contribution < -0.4 is 5.32 Å². The van der Waals surface area contributed by atoms with Gasteiger partial charge in [0.2, 0.25) is 0 Å². The summed E-state index contributed by atoms with van der Waals surface area (Å²) in [7, 11) is 4.36. The van der Waals surface area contributed by atoms with E-state index in [4.69, 9.17) is 0 Å². The first kappa shape index (κ1) is 15.5. The zero-order chi connectivity index (χ0) is 14.6. The lowest BCUT2D eigenvalue weighted by atomic mass is 9.80. The predicted octanol–water partition coefficient (Wildman–Crippen LogP) is 3.49. The lowest BCUT2D eigenvalue weighted by Crippen LogP contribution is -2.52. The number of likely N-dealkylation sites (N-methyl/N-ethyl adjacent to an activating group) is 1. The van der Waals surface area contributed by atoms with Gasteiger partial charge in [0, 0.05) is 18.6 Å². The topological polar surface area (TPSA) is 15.3 Å².